The van der Waals surface area contributed by atoms with Gasteiger partial charge >= 0.3 is 0 Å². The van der Waals surface area contributed by atoms with Crippen LogP contribution >= 0.6 is 11.6 Å². The SMILES string of the molecule is C[C@]1(O)CCOC[C@H]1[C@@H]1CCCN1c1ncccc1Cl. The summed E-state index contributed by atoms with van der Waals surface area (Å²) in [6, 6.07) is 3.96. The van der Waals surface area contributed by atoms with E-state index in [0.29, 0.717) is 24.7 Å². The minimum atomic E-state index is -0.674. The van der Waals surface area contributed by atoms with Crippen molar-refractivity contribution in [3.8, 4) is 0 Å². The summed E-state index contributed by atoms with van der Waals surface area (Å²) in [4.78, 5) is 6.67. The molecule has 2 saturated heterocycles. The number of nitrogens with zero attached hydrogens (tertiary/aromatic N) is 2. The summed E-state index contributed by atoms with van der Waals surface area (Å²) in [6.07, 6.45) is 4.62. The molecule has 110 valence electrons. The average Bonchev–Trinajstić information content (AvgIpc) is 2.87. The molecule has 0 amide bonds. The Labute approximate surface area is 124 Å². The van der Waals surface area contributed by atoms with E-state index in [-0.39, 0.29) is 12.0 Å². The normalized spacial score (nSPS) is 34.5. The fourth-order valence-electron chi connectivity index (χ4n) is 3.44. The second kappa shape index (κ2) is 5.51. The highest BCUT2D eigenvalue weighted by atomic mass is 35.5. The van der Waals surface area contributed by atoms with Gasteiger partial charge in [-0.15, -0.1) is 0 Å². The van der Waals surface area contributed by atoms with Crippen molar-refractivity contribution in [2.24, 2.45) is 5.92 Å². The first-order chi connectivity index (χ1) is 9.59. The number of anilines is 1. The molecule has 3 atom stereocenters. The van der Waals surface area contributed by atoms with Crippen LogP contribution in [-0.4, -0.2) is 41.5 Å². The molecule has 2 aliphatic rings. The van der Waals surface area contributed by atoms with Gasteiger partial charge < -0.3 is 14.7 Å². The van der Waals surface area contributed by atoms with Gasteiger partial charge in [0.15, 0.2) is 0 Å². The predicted molar refractivity (Wildman–Crippen MR) is 79.2 cm³/mol. The maximum atomic E-state index is 10.7. The zero-order valence-corrected chi connectivity index (χ0v) is 12.5. The van der Waals surface area contributed by atoms with E-state index in [1.165, 1.54) is 0 Å². The number of hydrogen-bond donors (Lipinski definition) is 1. The van der Waals surface area contributed by atoms with Crippen molar-refractivity contribution in [3.63, 3.8) is 0 Å². The van der Waals surface area contributed by atoms with Crippen LogP contribution in [0.15, 0.2) is 18.3 Å². The van der Waals surface area contributed by atoms with Crippen LogP contribution in [0.25, 0.3) is 0 Å². The van der Waals surface area contributed by atoms with Crippen molar-refractivity contribution in [1.82, 2.24) is 4.98 Å². The Hall–Kier alpha value is -0.840. The summed E-state index contributed by atoms with van der Waals surface area (Å²) in [5.41, 5.74) is -0.674. The molecule has 1 N–H and O–H groups in total. The Kier molecular flexibility index (Phi) is 3.89. The van der Waals surface area contributed by atoms with Crippen molar-refractivity contribution >= 4 is 17.4 Å². The second-order valence-corrected chi connectivity index (χ2v) is 6.41. The van der Waals surface area contributed by atoms with Crippen LogP contribution in [0.1, 0.15) is 26.2 Å². The van der Waals surface area contributed by atoms with Crippen molar-refractivity contribution in [2.45, 2.75) is 37.8 Å². The molecule has 4 nitrogen and oxygen atoms in total. The summed E-state index contributed by atoms with van der Waals surface area (Å²) in [6.45, 7) is 4.11. The quantitative estimate of drug-likeness (QED) is 0.911. The van der Waals surface area contributed by atoms with Gasteiger partial charge in [0.2, 0.25) is 0 Å². The molecule has 3 heterocycles. The van der Waals surface area contributed by atoms with E-state index in [1.807, 2.05) is 19.1 Å². The van der Waals surface area contributed by atoms with Gasteiger partial charge in [-0.3, -0.25) is 0 Å². The Balaban J connectivity index is 1.87. The fraction of sp³-hybridized carbons (Fsp3) is 0.667. The number of rotatable bonds is 2. The Morgan fingerprint density at radius 2 is 2.40 bits per heavy atom. The Bertz CT molecular complexity index is 481. The maximum absolute atomic E-state index is 10.7. The van der Waals surface area contributed by atoms with E-state index in [4.69, 9.17) is 16.3 Å². The maximum Gasteiger partial charge on any atom is 0.147 e. The molecule has 0 bridgehead atoms. The molecule has 1 aromatic rings. The molecule has 20 heavy (non-hydrogen) atoms. The number of aromatic nitrogens is 1. The van der Waals surface area contributed by atoms with E-state index in [2.05, 4.69) is 9.88 Å². The van der Waals surface area contributed by atoms with Crippen LogP contribution in [-0.2, 0) is 4.74 Å². The molecule has 5 heteroatoms. The molecular formula is C15H21ClN2O2. The third-order valence-electron chi connectivity index (χ3n) is 4.62. The van der Waals surface area contributed by atoms with Gasteiger partial charge in [-0.05, 0) is 38.3 Å². The van der Waals surface area contributed by atoms with Crippen LogP contribution in [0.5, 0.6) is 0 Å². The summed E-state index contributed by atoms with van der Waals surface area (Å²) in [7, 11) is 0. The van der Waals surface area contributed by atoms with Gasteiger partial charge in [-0.1, -0.05) is 11.6 Å². The zero-order valence-electron chi connectivity index (χ0n) is 11.8. The molecule has 0 spiro atoms. The van der Waals surface area contributed by atoms with E-state index in [1.54, 1.807) is 6.20 Å². The summed E-state index contributed by atoms with van der Waals surface area (Å²) < 4.78 is 5.60. The summed E-state index contributed by atoms with van der Waals surface area (Å²) >= 11 is 6.28. The smallest absolute Gasteiger partial charge is 0.147 e. The minimum Gasteiger partial charge on any atom is -0.390 e. The first kappa shape index (κ1) is 14.1. The third kappa shape index (κ3) is 2.52. The van der Waals surface area contributed by atoms with Crippen LogP contribution in [0, 0.1) is 5.92 Å². The van der Waals surface area contributed by atoms with Crippen LogP contribution in [0.4, 0.5) is 5.82 Å². The van der Waals surface area contributed by atoms with Crippen molar-refractivity contribution < 1.29 is 9.84 Å². The lowest BCUT2D eigenvalue weighted by atomic mass is 9.79. The summed E-state index contributed by atoms with van der Waals surface area (Å²) in [5, 5.41) is 11.3. The highest BCUT2D eigenvalue weighted by Crippen LogP contribution is 2.39. The topological polar surface area (TPSA) is 45.6 Å². The van der Waals surface area contributed by atoms with Gasteiger partial charge in [-0.25, -0.2) is 4.98 Å². The first-order valence-electron chi connectivity index (χ1n) is 7.27. The predicted octanol–water partition coefficient (Wildman–Crippen LogP) is 2.49. The van der Waals surface area contributed by atoms with Gasteiger partial charge in [0.05, 0.1) is 17.2 Å². The monoisotopic (exact) mass is 296 g/mol. The molecule has 0 unspecified atom stereocenters. The summed E-state index contributed by atoms with van der Waals surface area (Å²) in [5.74, 6) is 0.940. The van der Waals surface area contributed by atoms with Crippen molar-refractivity contribution in [2.75, 3.05) is 24.7 Å². The molecule has 3 rings (SSSR count). The average molecular weight is 297 g/mol. The standard InChI is InChI=1S/C15H21ClN2O2/c1-15(19)6-9-20-10-11(15)13-5-3-8-18(13)14-12(16)4-2-7-17-14/h2,4,7,11,13,19H,3,5-6,8-10H2,1H3/t11-,13-,15-/m0/s1. The Morgan fingerprint density at radius 3 is 3.15 bits per heavy atom. The number of hydrogen-bond acceptors (Lipinski definition) is 4. The van der Waals surface area contributed by atoms with Crippen LogP contribution in [0.2, 0.25) is 5.02 Å². The van der Waals surface area contributed by atoms with Gasteiger partial charge in [0.25, 0.3) is 0 Å². The zero-order chi connectivity index (χ0) is 14.2. The molecule has 0 aromatic carbocycles. The van der Waals surface area contributed by atoms with E-state index < -0.39 is 5.60 Å². The van der Waals surface area contributed by atoms with E-state index in [0.717, 1.165) is 25.2 Å². The molecule has 1 aromatic heterocycles. The van der Waals surface area contributed by atoms with Gasteiger partial charge in [-0.2, -0.15) is 0 Å². The molecular weight excluding hydrogens is 276 g/mol. The fourth-order valence-corrected chi connectivity index (χ4v) is 3.67. The lowest BCUT2D eigenvalue weighted by molar-refractivity contribution is -0.108. The number of ether oxygens (including phenoxy) is 1. The minimum absolute atomic E-state index is 0.108. The highest BCUT2D eigenvalue weighted by Gasteiger charge is 2.44. The lowest BCUT2D eigenvalue weighted by Gasteiger charge is -2.43. The third-order valence-corrected chi connectivity index (χ3v) is 4.92. The lowest BCUT2D eigenvalue weighted by Crippen LogP contribution is -2.52. The largest absolute Gasteiger partial charge is 0.390 e. The van der Waals surface area contributed by atoms with E-state index >= 15 is 0 Å². The van der Waals surface area contributed by atoms with Crippen LogP contribution < -0.4 is 4.90 Å². The molecule has 0 aliphatic carbocycles. The molecule has 2 fully saturated rings. The van der Waals surface area contributed by atoms with Crippen molar-refractivity contribution in [3.05, 3.63) is 23.4 Å². The first-order valence-corrected chi connectivity index (χ1v) is 7.65. The van der Waals surface area contributed by atoms with Gasteiger partial charge in [0.1, 0.15) is 5.82 Å². The molecule has 2 aliphatic heterocycles. The number of halogens is 1. The highest BCUT2D eigenvalue weighted by molar-refractivity contribution is 6.32. The molecule has 0 radical (unpaired) electrons. The second-order valence-electron chi connectivity index (χ2n) is 6.00. The van der Waals surface area contributed by atoms with Crippen LogP contribution in [0.3, 0.4) is 0 Å². The Morgan fingerprint density at radius 1 is 1.55 bits per heavy atom. The molecule has 0 saturated carbocycles. The number of aliphatic hydroxyl groups is 1. The number of pyridine rings is 1. The van der Waals surface area contributed by atoms with Gasteiger partial charge in [0, 0.05) is 31.3 Å². The van der Waals surface area contributed by atoms with E-state index in [9.17, 15) is 5.11 Å². The van der Waals surface area contributed by atoms with Crippen molar-refractivity contribution in [1.29, 1.82) is 0 Å².